The number of para-hydroxylation sites is 1. The number of ether oxygens (including phenoxy) is 1. The lowest BCUT2D eigenvalue weighted by atomic mass is 10.0. The average Bonchev–Trinajstić information content (AvgIpc) is 2.93. The molecule has 37 heavy (non-hydrogen) atoms. The predicted molar refractivity (Wildman–Crippen MR) is 143 cm³/mol. The van der Waals surface area contributed by atoms with Gasteiger partial charge in [-0.1, -0.05) is 55.3 Å². The van der Waals surface area contributed by atoms with Gasteiger partial charge in [0.2, 0.25) is 0 Å². The summed E-state index contributed by atoms with van der Waals surface area (Å²) < 4.78 is 19.9. The molecule has 0 saturated heterocycles. The van der Waals surface area contributed by atoms with Crippen molar-refractivity contribution in [1.82, 2.24) is 9.80 Å². The van der Waals surface area contributed by atoms with Crippen molar-refractivity contribution in [3.05, 3.63) is 101 Å². The van der Waals surface area contributed by atoms with Crippen molar-refractivity contribution in [2.45, 2.75) is 45.1 Å². The second kappa shape index (κ2) is 13.0. The van der Waals surface area contributed by atoms with E-state index in [2.05, 4.69) is 0 Å². The maximum absolute atomic E-state index is 13.7. The summed E-state index contributed by atoms with van der Waals surface area (Å²) in [5.41, 5.74) is 2.08. The average molecular weight is 503 g/mol. The van der Waals surface area contributed by atoms with Gasteiger partial charge in [0.05, 0.1) is 11.6 Å². The molecule has 0 unspecified atom stereocenters. The molecule has 0 saturated carbocycles. The summed E-state index contributed by atoms with van der Waals surface area (Å²) >= 11 is 0. The molecular weight excluding hydrogens is 467 g/mol. The minimum atomic E-state index is -0.371. The molecule has 1 aliphatic heterocycles. The van der Waals surface area contributed by atoms with Crippen molar-refractivity contribution in [1.29, 1.82) is 0 Å². The summed E-state index contributed by atoms with van der Waals surface area (Å²) in [6.07, 6.45) is 4.28. The Bertz CT molecular complexity index is 1170. The van der Waals surface area contributed by atoms with E-state index >= 15 is 0 Å². The molecule has 0 aliphatic carbocycles. The first-order valence-electron chi connectivity index (χ1n) is 13.2. The number of rotatable bonds is 4. The fourth-order valence-electron chi connectivity index (χ4n) is 4.82. The molecule has 0 radical (unpaired) electrons. The van der Waals surface area contributed by atoms with Crippen LogP contribution in [0.2, 0.25) is 0 Å². The summed E-state index contributed by atoms with van der Waals surface area (Å²) in [4.78, 5) is 30.8. The second-order valence-electron chi connectivity index (χ2n) is 9.46. The SMILES string of the molecule is CCN1CCCCCCN(C(=O)c2ccc(F)cc2)[C@@H](Cc2ccccc2)COc2ccccc2C1=O. The number of fused-ring (bicyclic) bond motifs is 1. The zero-order valence-corrected chi connectivity index (χ0v) is 21.4. The summed E-state index contributed by atoms with van der Waals surface area (Å²) in [7, 11) is 0. The maximum atomic E-state index is 13.7. The highest BCUT2D eigenvalue weighted by atomic mass is 19.1. The number of hydrogen-bond donors (Lipinski definition) is 0. The Hall–Kier alpha value is -3.67. The third-order valence-corrected chi connectivity index (χ3v) is 6.90. The van der Waals surface area contributed by atoms with Crippen molar-refractivity contribution in [3.8, 4) is 5.75 Å². The van der Waals surface area contributed by atoms with Crippen LogP contribution in [0.15, 0.2) is 78.9 Å². The second-order valence-corrected chi connectivity index (χ2v) is 9.46. The first-order valence-corrected chi connectivity index (χ1v) is 13.2. The van der Waals surface area contributed by atoms with Crippen LogP contribution < -0.4 is 4.74 Å². The Morgan fingerprint density at radius 1 is 0.892 bits per heavy atom. The van der Waals surface area contributed by atoms with E-state index in [9.17, 15) is 14.0 Å². The van der Waals surface area contributed by atoms with E-state index in [1.165, 1.54) is 24.3 Å². The third kappa shape index (κ3) is 6.97. The van der Waals surface area contributed by atoms with Crippen LogP contribution in [-0.2, 0) is 6.42 Å². The lowest BCUT2D eigenvalue weighted by molar-refractivity contribution is 0.0597. The quantitative estimate of drug-likeness (QED) is 0.440. The summed E-state index contributed by atoms with van der Waals surface area (Å²) in [5, 5.41) is 0. The summed E-state index contributed by atoms with van der Waals surface area (Å²) in [6.45, 7) is 4.15. The molecular formula is C31H35FN2O3. The molecule has 0 fully saturated rings. The normalized spacial score (nSPS) is 17.5. The van der Waals surface area contributed by atoms with Gasteiger partial charge in [-0.3, -0.25) is 9.59 Å². The Kier molecular flexibility index (Phi) is 9.30. The van der Waals surface area contributed by atoms with Crippen molar-refractivity contribution < 1.29 is 18.7 Å². The van der Waals surface area contributed by atoms with E-state index in [4.69, 9.17) is 4.74 Å². The predicted octanol–water partition coefficient (Wildman–Crippen LogP) is 5.99. The van der Waals surface area contributed by atoms with Gasteiger partial charge in [-0.25, -0.2) is 4.39 Å². The van der Waals surface area contributed by atoms with Gasteiger partial charge in [-0.15, -0.1) is 0 Å². The molecule has 4 rings (SSSR count). The molecule has 2 amide bonds. The topological polar surface area (TPSA) is 49.9 Å². The van der Waals surface area contributed by atoms with Gasteiger partial charge in [-0.2, -0.15) is 0 Å². The molecule has 3 aromatic carbocycles. The van der Waals surface area contributed by atoms with Crippen LogP contribution in [0.25, 0.3) is 0 Å². The molecule has 194 valence electrons. The Morgan fingerprint density at radius 2 is 1.57 bits per heavy atom. The highest BCUT2D eigenvalue weighted by molar-refractivity contribution is 5.97. The van der Waals surface area contributed by atoms with Crippen molar-refractivity contribution in [2.75, 3.05) is 26.2 Å². The Balaban J connectivity index is 1.68. The lowest BCUT2D eigenvalue weighted by Crippen LogP contribution is -2.45. The number of carbonyl (C=O) groups is 2. The fourth-order valence-corrected chi connectivity index (χ4v) is 4.82. The van der Waals surface area contributed by atoms with Crippen LogP contribution in [0.1, 0.15) is 58.9 Å². The van der Waals surface area contributed by atoms with Crippen LogP contribution >= 0.6 is 0 Å². The van der Waals surface area contributed by atoms with E-state index in [0.717, 1.165) is 31.2 Å². The van der Waals surface area contributed by atoms with Crippen LogP contribution in [0.4, 0.5) is 4.39 Å². The third-order valence-electron chi connectivity index (χ3n) is 6.90. The van der Waals surface area contributed by atoms with E-state index in [0.29, 0.717) is 42.9 Å². The van der Waals surface area contributed by atoms with Crippen molar-refractivity contribution in [3.63, 3.8) is 0 Å². The van der Waals surface area contributed by atoms with Crippen LogP contribution in [0.3, 0.4) is 0 Å². The number of amides is 2. The van der Waals surface area contributed by atoms with E-state index in [1.807, 2.05) is 65.3 Å². The molecule has 6 heteroatoms. The highest BCUT2D eigenvalue weighted by Gasteiger charge is 2.27. The lowest BCUT2D eigenvalue weighted by Gasteiger charge is -2.33. The zero-order valence-electron chi connectivity index (χ0n) is 21.4. The summed E-state index contributed by atoms with van der Waals surface area (Å²) in [5.74, 6) is -0.0217. The monoisotopic (exact) mass is 502 g/mol. The zero-order chi connectivity index (χ0) is 26.0. The van der Waals surface area contributed by atoms with Crippen LogP contribution in [-0.4, -0.2) is 53.9 Å². The van der Waals surface area contributed by atoms with Gasteiger partial charge in [0.15, 0.2) is 0 Å². The largest absolute Gasteiger partial charge is 0.491 e. The molecule has 0 spiro atoms. The molecule has 3 aromatic rings. The molecule has 0 bridgehead atoms. The molecule has 5 nitrogen and oxygen atoms in total. The number of benzene rings is 3. The van der Waals surface area contributed by atoms with E-state index in [-0.39, 0.29) is 30.3 Å². The fraction of sp³-hybridized carbons (Fsp3) is 0.355. The number of carbonyl (C=O) groups excluding carboxylic acids is 2. The Labute approximate surface area is 218 Å². The van der Waals surface area contributed by atoms with Gasteiger partial charge in [0, 0.05) is 25.2 Å². The smallest absolute Gasteiger partial charge is 0.257 e. The van der Waals surface area contributed by atoms with Crippen molar-refractivity contribution >= 4 is 11.8 Å². The molecule has 0 N–H and O–H groups in total. The minimum Gasteiger partial charge on any atom is -0.491 e. The highest BCUT2D eigenvalue weighted by Crippen LogP contribution is 2.23. The Morgan fingerprint density at radius 3 is 2.30 bits per heavy atom. The van der Waals surface area contributed by atoms with Crippen LogP contribution in [0.5, 0.6) is 5.75 Å². The molecule has 1 aliphatic rings. The van der Waals surface area contributed by atoms with E-state index < -0.39 is 0 Å². The minimum absolute atomic E-state index is 0.0333. The number of halogens is 1. The maximum Gasteiger partial charge on any atom is 0.257 e. The number of hydrogen-bond acceptors (Lipinski definition) is 3. The van der Waals surface area contributed by atoms with Gasteiger partial charge >= 0.3 is 0 Å². The van der Waals surface area contributed by atoms with Gasteiger partial charge < -0.3 is 14.5 Å². The summed E-state index contributed by atoms with van der Waals surface area (Å²) in [6, 6.07) is 22.8. The number of nitrogens with zero attached hydrogens (tertiary/aromatic N) is 2. The first-order chi connectivity index (χ1) is 18.1. The van der Waals surface area contributed by atoms with Gasteiger partial charge in [0.25, 0.3) is 11.8 Å². The van der Waals surface area contributed by atoms with Crippen molar-refractivity contribution in [2.24, 2.45) is 0 Å². The molecule has 1 heterocycles. The molecule has 0 aromatic heterocycles. The molecule has 1 atom stereocenters. The van der Waals surface area contributed by atoms with E-state index in [1.54, 1.807) is 6.07 Å². The van der Waals surface area contributed by atoms with Crippen LogP contribution in [0, 0.1) is 5.82 Å². The standard InChI is InChI=1S/C31H35FN2O3/c1-2-33-20-10-3-4-11-21-34(30(35)25-16-18-26(32)19-17-25)27(22-24-12-6-5-7-13-24)23-37-29-15-9-8-14-28(29)31(33)36/h5-9,12-19,27H,2-4,10-11,20-23H2,1H3/t27-/m0/s1. The van der Waals surface area contributed by atoms with Gasteiger partial charge in [-0.05, 0) is 68.1 Å². The first kappa shape index (κ1) is 26.4. The van der Waals surface area contributed by atoms with Gasteiger partial charge in [0.1, 0.15) is 18.2 Å².